The molecule has 2 aliphatic rings. The molecule has 0 radical (unpaired) electrons. The number of nitrogens with one attached hydrogen (secondary N) is 1. The van der Waals surface area contributed by atoms with E-state index in [0.29, 0.717) is 22.9 Å². The smallest absolute Gasteiger partial charge is 0.350 e. The summed E-state index contributed by atoms with van der Waals surface area (Å²) in [5.74, 6) is 1.12. The van der Waals surface area contributed by atoms with Crippen LogP contribution in [0, 0.1) is 0 Å². The molecule has 5 rings (SSSR count). The number of fused-ring (bicyclic) bond motifs is 2. The number of aromatic nitrogens is 5. The predicted molar refractivity (Wildman–Crippen MR) is 126 cm³/mol. The SMILES string of the molecule is CN(c1ccc(-c2ccc(-c3ncn(C)c(=O)n3)cc2O)nn1)[C@@H]1C[C@]2(C)CC[C@](C)(C1)N2. The molecular formula is C24H29N7O2. The monoisotopic (exact) mass is 447 g/mol. The van der Waals surface area contributed by atoms with Gasteiger partial charge in [0, 0.05) is 42.3 Å². The van der Waals surface area contributed by atoms with Gasteiger partial charge >= 0.3 is 5.69 Å². The summed E-state index contributed by atoms with van der Waals surface area (Å²) < 4.78 is 1.29. The van der Waals surface area contributed by atoms with E-state index in [9.17, 15) is 9.90 Å². The van der Waals surface area contributed by atoms with Crippen LogP contribution in [0.2, 0.25) is 0 Å². The Morgan fingerprint density at radius 3 is 2.45 bits per heavy atom. The van der Waals surface area contributed by atoms with Crippen molar-refractivity contribution in [1.82, 2.24) is 30.0 Å². The van der Waals surface area contributed by atoms with Crippen molar-refractivity contribution >= 4 is 5.82 Å². The van der Waals surface area contributed by atoms with Crippen LogP contribution in [0.3, 0.4) is 0 Å². The zero-order valence-electron chi connectivity index (χ0n) is 19.4. The number of nitrogens with zero attached hydrogens (tertiary/aromatic N) is 6. The van der Waals surface area contributed by atoms with Gasteiger partial charge in [-0.3, -0.25) is 4.57 Å². The molecule has 33 heavy (non-hydrogen) atoms. The molecule has 172 valence electrons. The molecule has 3 aromatic rings. The molecular weight excluding hydrogens is 418 g/mol. The lowest BCUT2D eigenvalue weighted by Crippen LogP contribution is -2.58. The quantitative estimate of drug-likeness (QED) is 0.628. The highest BCUT2D eigenvalue weighted by molar-refractivity contribution is 5.72. The van der Waals surface area contributed by atoms with Gasteiger partial charge in [0.25, 0.3) is 0 Å². The molecule has 2 fully saturated rings. The molecule has 2 bridgehead atoms. The second-order valence-corrected chi connectivity index (χ2v) is 10.0. The van der Waals surface area contributed by atoms with Crippen LogP contribution in [0.1, 0.15) is 39.5 Å². The van der Waals surface area contributed by atoms with Gasteiger partial charge in [-0.15, -0.1) is 10.2 Å². The fourth-order valence-corrected chi connectivity index (χ4v) is 5.36. The topological polar surface area (TPSA) is 109 Å². The minimum Gasteiger partial charge on any atom is -0.507 e. The minimum atomic E-state index is -0.404. The molecule has 0 spiro atoms. The third-order valence-corrected chi connectivity index (χ3v) is 7.15. The van der Waals surface area contributed by atoms with Crippen molar-refractivity contribution < 1.29 is 5.11 Å². The average molecular weight is 448 g/mol. The van der Waals surface area contributed by atoms with Crippen molar-refractivity contribution in [2.45, 2.75) is 56.7 Å². The fraction of sp³-hybridized carbons (Fsp3) is 0.458. The molecule has 2 aliphatic heterocycles. The molecule has 3 atom stereocenters. The normalized spacial score (nSPS) is 26.4. The van der Waals surface area contributed by atoms with Crippen molar-refractivity contribution in [3.05, 3.63) is 47.1 Å². The van der Waals surface area contributed by atoms with Crippen LogP contribution < -0.4 is 15.9 Å². The maximum Gasteiger partial charge on any atom is 0.350 e. The Bertz CT molecular complexity index is 1240. The highest BCUT2D eigenvalue weighted by atomic mass is 16.3. The maximum absolute atomic E-state index is 11.8. The van der Waals surface area contributed by atoms with E-state index >= 15 is 0 Å². The van der Waals surface area contributed by atoms with Crippen LogP contribution >= 0.6 is 0 Å². The van der Waals surface area contributed by atoms with Crippen molar-refractivity contribution in [3.63, 3.8) is 0 Å². The Morgan fingerprint density at radius 2 is 1.85 bits per heavy atom. The van der Waals surface area contributed by atoms with Gasteiger partial charge < -0.3 is 15.3 Å². The van der Waals surface area contributed by atoms with Gasteiger partial charge in [-0.05, 0) is 63.8 Å². The highest BCUT2D eigenvalue weighted by Crippen LogP contribution is 2.43. The number of hydrogen-bond acceptors (Lipinski definition) is 8. The molecule has 0 amide bonds. The molecule has 9 nitrogen and oxygen atoms in total. The highest BCUT2D eigenvalue weighted by Gasteiger charge is 2.49. The van der Waals surface area contributed by atoms with Gasteiger partial charge in [0.2, 0.25) is 0 Å². The number of phenolic OH excluding ortho intramolecular Hbond substituents is 1. The summed E-state index contributed by atoms with van der Waals surface area (Å²) in [7, 11) is 3.67. The lowest BCUT2D eigenvalue weighted by molar-refractivity contribution is 0.207. The van der Waals surface area contributed by atoms with E-state index in [1.165, 1.54) is 29.8 Å². The Labute approximate surface area is 192 Å². The van der Waals surface area contributed by atoms with E-state index in [2.05, 4.69) is 51.3 Å². The number of aromatic hydroxyl groups is 1. The first-order valence-corrected chi connectivity index (χ1v) is 11.2. The van der Waals surface area contributed by atoms with E-state index in [1.807, 2.05) is 12.1 Å². The van der Waals surface area contributed by atoms with Crippen LogP contribution in [-0.4, -0.2) is 54.0 Å². The second-order valence-electron chi connectivity index (χ2n) is 10.0. The number of phenols is 1. The molecule has 1 aromatic carbocycles. The molecule has 2 N–H and O–H groups in total. The zero-order chi connectivity index (χ0) is 23.4. The van der Waals surface area contributed by atoms with Crippen LogP contribution in [0.4, 0.5) is 5.82 Å². The van der Waals surface area contributed by atoms with Gasteiger partial charge in [0.15, 0.2) is 11.6 Å². The summed E-state index contributed by atoms with van der Waals surface area (Å²) >= 11 is 0. The van der Waals surface area contributed by atoms with Crippen molar-refractivity contribution in [1.29, 1.82) is 0 Å². The van der Waals surface area contributed by atoms with Crippen molar-refractivity contribution in [2.24, 2.45) is 7.05 Å². The Morgan fingerprint density at radius 1 is 1.12 bits per heavy atom. The second kappa shape index (κ2) is 7.62. The first kappa shape index (κ1) is 21.5. The summed E-state index contributed by atoms with van der Waals surface area (Å²) in [5.41, 5.74) is 1.65. The third-order valence-electron chi connectivity index (χ3n) is 7.15. The molecule has 0 aliphatic carbocycles. The maximum atomic E-state index is 11.8. The van der Waals surface area contributed by atoms with E-state index in [4.69, 9.17) is 0 Å². The standard InChI is InChI=1S/C24H29N7O2/c1-23-9-10-24(2,29-23)13-16(12-23)31(4)20-8-7-18(27-28-20)17-6-5-15(11-19(17)32)21-25-14-30(3)22(33)26-21/h5-8,11,14,16,29,32H,9-10,12-13H2,1-4H3/t16-,23+,24-. The number of benzene rings is 1. The minimum absolute atomic E-state index is 0.0305. The summed E-state index contributed by atoms with van der Waals surface area (Å²) in [6.07, 6.45) is 5.97. The third kappa shape index (κ3) is 3.97. The first-order chi connectivity index (χ1) is 15.6. The van der Waals surface area contributed by atoms with Gasteiger partial charge in [0.1, 0.15) is 12.1 Å². The van der Waals surface area contributed by atoms with Crippen molar-refractivity contribution in [2.75, 3.05) is 11.9 Å². The Hall–Kier alpha value is -3.33. The Balaban J connectivity index is 1.36. The largest absolute Gasteiger partial charge is 0.507 e. The fourth-order valence-electron chi connectivity index (χ4n) is 5.36. The molecule has 0 unspecified atom stereocenters. The van der Waals surface area contributed by atoms with E-state index in [-0.39, 0.29) is 22.7 Å². The number of aryl methyl sites for hydroxylation is 1. The molecule has 2 saturated heterocycles. The molecule has 9 heteroatoms. The Kier molecular flexibility index (Phi) is 4.97. The van der Waals surface area contributed by atoms with Gasteiger partial charge in [0.05, 0.1) is 5.69 Å². The lowest BCUT2D eigenvalue weighted by atomic mass is 9.84. The van der Waals surface area contributed by atoms with Crippen LogP contribution in [0.5, 0.6) is 5.75 Å². The zero-order valence-corrected chi connectivity index (χ0v) is 19.4. The van der Waals surface area contributed by atoms with Gasteiger partial charge in [-0.2, -0.15) is 4.98 Å². The van der Waals surface area contributed by atoms with E-state index in [0.717, 1.165) is 18.7 Å². The van der Waals surface area contributed by atoms with E-state index < -0.39 is 5.69 Å². The van der Waals surface area contributed by atoms with Gasteiger partial charge in [-0.25, -0.2) is 9.78 Å². The first-order valence-electron chi connectivity index (χ1n) is 11.2. The summed E-state index contributed by atoms with van der Waals surface area (Å²) in [5, 5.41) is 23.3. The number of piperidine rings is 1. The van der Waals surface area contributed by atoms with Crippen LogP contribution in [0.25, 0.3) is 22.6 Å². The lowest BCUT2D eigenvalue weighted by Gasteiger charge is -2.45. The summed E-state index contributed by atoms with van der Waals surface area (Å²) in [6, 6.07) is 9.27. The number of rotatable bonds is 4. The van der Waals surface area contributed by atoms with Crippen LogP contribution in [0.15, 0.2) is 41.5 Å². The van der Waals surface area contributed by atoms with Crippen molar-refractivity contribution in [3.8, 4) is 28.4 Å². The summed E-state index contributed by atoms with van der Waals surface area (Å²) in [6.45, 7) is 4.63. The molecule has 2 aromatic heterocycles. The number of hydrogen-bond donors (Lipinski definition) is 2. The van der Waals surface area contributed by atoms with Crippen LogP contribution in [-0.2, 0) is 7.05 Å². The predicted octanol–water partition coefficient (Wildman–Crippen LogP) is 2.50. The average Bonchev–Trinajstić information content (AvgIpc) is 3.01. The molecule has 4 heterocycles. The van der Waals surface area contributed by atoms with Gasteiger partial charge in [-0.1, -0.05) is 6.07 Å². The van der Waals surface area contributed by atoms with E-state index in [1.54, 1.807) is 19.2 Å². The molecule has 0 saturated carbocycles. The number of anilines is 1. The summed E-state index contributed by atoms with van der Waals surface area (Å²) in [4.78, 5) is 22.1.